The van der Waals surface area contributed by atoms with Gasteiger partial charge in [0.1, 0.15) is 0 Å². The van der Waals surface area contributed by atoms with Crippen molar-refractivity contribution in [1.82, 2.24) is 9.55 Å². The number of carbonyl (C=O) groups excluding carboxylic acids is 1. The number of hydrogen-bond acceptors (Lipinski definition) is 2. The molecule has 2 heterocycles. The Morgan fingerprint density at radius 1 is 1.38 bits per heavy atom. The maximum absolute atomic E-state index is 10.8. The molecule has 0 aliphatic rings. The van der Waals surface area contributed by atoms with Crippen LogP contribution >= 0.6 is 0 Å². The molecule has 0 amide bonds. The molecule has 0 aliphatic heterocycles. The second kappa shape index (κ2) is 4.75. The second-order valence-electron chi connectivity index (χ2n) is 3.64. The fraction of sp³-hybridized carbons (Fsp3) is 0.231. The highest BCUT2D eigenvalue weighted by molar-refractivity contribution is 5.72. The summed E-state index contributed by atoms with van der Waals surface area (Å²) in [4.78, 5) is 15.2. The lowest BCUT2D eigenvalue weighted by Crippen LogP contribution is -2.06. The van der Waals surface area contributed by atoms with E-state index in [0.717, 1.165) is 18.4 Å². The summed E-state index contributed by atoms with van der Waals surface area (Å²) in [6.07, 6.45) is 5.52. The van der Waals surface area contributed by atoms with Gasteiger partial charge >= 0.3 is 0 Å². The third-order valence-corrected chi connectivity index (χ3v) is 2.67. The Kier molecular flexibility index (Phi) is 3.15. The number of carbonyl (C=O) groups is 1. The first-order chi connectivity index (χ1) is 7.85. The quantitative estimate of drug-likeness (QED) is 0.732. The maximum atomic E-state index is 10.8. The Bertz CT molecular complexity index is 488. The number of hydrogen-bond donors (Lipinski definition) is 0. The predicted octanol–water partition coefficient (Wildman–Crippen LogP) is 2.31. The molecule has 2 rings (SSSR count). The third kappa shape index (κ3) is 2.03. The Morgan fingerprint density at radius 3 is 3.00 bits per heavy atom. The van der Waals surface area contributed by atoms with E-state index in [0.29, 0.717) is 12.2 Å². The number of pyridine rings is 1. The van der Waals surface area contributed by atoms with Crippen LogP contribution in [0, 0.1) is 0 Å². The number of rotatable bonds is 4. The van der Waals surface area contributed by atoms with Crippen molar-refractivity contribution in [2.24, 2.45) is 0 Å². The van der Waals surface area contributed by atoms with E-state index in [-0.39, 0.29) is 0 Å². The van der Waals surface area contributed by atoms with E-state index in [9.17, 15) is 4.79 Å². The van der Waals surface area contributed by atoms with Crippen molar-refractivity contribution in [3.63, 3.8) is 0 Å². The van der Waals surface area contributed by atoms with Crippen molar-refractivity contribution in [2.75, 3.05) is 0 Å². The van der Waals surface area contributed by atoms with Gasteiger partial charge in [0.25, 0.3) is 0 Å². The van der Waals surface area contributed by atoms with E-state index < -0.39 is 0 Å². The van der Waals surface area contributed by atoms with Gasteiger partial charge in [0.15, 0.2) is 6.29 Å². The SMILES string of the molecule is CCc1cccnc1Cn1cccc1C=O. The van der Waals surface area contributed by atoms with Crippen molar-refractivity contribution in [1.29, 1.82) is 0 Å². The zero-order valence-corrected chi connectivity index (χ0v) is 9.26. The molecule has 0 aliphatic carbocycles. The summed E-state index contributed by atoms with van der Waals surface area (Å²) in [5.41, 5.74) is 2.95. The molecule has 0 radical (unpaired) electrons. The molecule has 0 saturated heterocycles. The Hall–Kier alpha value is -1.90. The molecule has 0 spiro atoms. The second-order valence-corrected chi connectivity index (χ2v) is 3.64. The standard InChI is InChI=1S/C13H14N2O/c1-2-11-5-3-7-14-13(11)9-15-8-4-6-12(15)10-16/h3-8,10H,2,9H2,1H3. The Morgan fingerprint density at radius 2 is 2.25 bits per heavy atom. The van der Waals surface area contributed by atoms with Gasteiger partial charge in [0.2, 0.25) is 0 Å². The first kappa shape index (κ1) is 10.6. The summed E-state index contributed by atoms with van der Waals surface area (Å²) in [6.45, 7) is 2.77. The van der Waals surface area contributed by atoms with Crippen LogP contribution in [0.3, 0.4) is 0 Å². The van der Waals surface area contributed by atoms with Crippen LogP contribution in [-0.2, 0) is 13.0 Å². The zero-order valence-electron chi connectivity index (χ0n) is 9.26. The van der Waals surface area contributed by atoms with Gasteiger partial charge in [-0.05, 0) is 30.2 Å². The minimum Gasteiger partial charge on any atom is -0.339 e. The molecule has 2 aromatic heterocycles. The number of aryl methyl sites for hydroxylation is 1. The molecular formula is C13H14N2O. The molecule has 0 saturated carbocycles. The summed E-state index contributed by atoms with van der Waals surface area (Å²) in [7, 11) is 0. The van der Waals surface area contributed by atoms with Crippen molar-refractivity contribution in [2.45, 2.75) is 19.9 Å². The summed E-state index contributed by atoms with van der Waals surface area (Å²) >= 11 is 0. The van der Waals surface area contributed by atoms with E-state index in [1.165, 1.54) is 5.56 Å². The van der Waals surface area contributed by atoms with Crippen LogP contribution in [0.5, 0.6) is 0 Å². The lowest BCUT2D eigenvalue weighted by molar-refractivity contribution is 0.111. The summed E-state index contributed by atoms with van der Waals surface area (Å²) in [5, 5.41) is 0. The van der Waals surface area contributed by atoms with E-state index >= 15 is 0 Å². The van der Waals surface area contributed by atoms with Crippen molar-refractivity contribution < 1.29 is 4.79 Å². The first-order valence-electron chi connectivity index (χ1n) is 5.38. The fourth-order valence-electron chi connectivity index (χ4n) is 1.78. The number of aromatic nitrogens is 2. The van der Waals surface area contributed by atoms with Gasteiger partial charge in [0.05, 0.1) is 17.9 Å². The maximum Gasteiger partial charge on any atom is 0.166 e. The van der Waals surface area contributed by atoms with Gasteiger partial charge in [0, 0.05) is 12.4 Å². The van der Waals surface area contributed by atoms with Crippen LogP contribution < -0.4 is 0 Å². The molecular weight excluding hydrogens is 200 g/mol. The third-order valence-electron chi connectivity index (χ3n) is 2.67. The molecule has 3 heteroatoms. The largest absolute Gasteiger partial charge is 0.339 e. The number of nitrogens with zero attached hydrogens (tertiary/aromatic N) is 2. The van der Waals surface area contributed by atoms with Gasteiger partial charge in [-0.3, -0.25) is 9.78 Å². The zero-order chi connectivity index (χ0) is 11.4. The molecule has 16 heavy (non-hydrogen) atoms. The summed E-state index contributed by atoms with van der Waals surface area (Å²) in [6, 6.07) is 7.70. The lowest BCUT2D eigenvalue weighted by atomic mass is 10.1. The minimum absolute atomic E-state index is 0.658. The smallest absolute Gasteiger partial charge is 0.166 e. The van der Waals surface area contributed by atoms with Crippen LogP contribution in [0.25, 0.3) is 0 Å². The van der Waals surface area contributed by atoms with Gasteiger partial charge < -0.3 is 4.57 Å². The molecule has 0 fully saturated rings. The molecule has 0 unspecified atom stereocenters. The van der Waals surface area contributed by atoms with E-state index in [2.05, 4.69) is 18.0 Å². The predicted molar refractivity (Wildman–Crippen MR) is 62.5 cm³/mol. The van der Waals surface area contributed by atoms with E-state index in [1.807, 2.05) is 29.0 Å². The van der Waals surface area contributed by atoms with E-state index in [1.54, 1.807) is 6.20 Å². The van der Waals surface area contributed by atoms with Gasteiger partial charge in [-0.2, -0.15) is 0 Å². The minimum atomic E-state index is 0.658. The molecule has 0 atom stereocenters. The van der Waals surface area contributed by atoms with Crippen molar-refractivity contribution in [3.05, 3.63) is 53.6 Å². The summed E-state index contributed by atoms with van der Waals surface area (Å²) in [5.74, 6) is 0. The van der Waals surface area contributed by atoms with Crippen molar-refractivity contribution in [3.8, 4) is 0 Å². The highest BCUT2D eigenvalue weighted by Crippen LogP contribution is 2.10. The number of aldehydes is 1. The molecule has 82 valence electrons. The average molecular weight is 214 g/mol. The average Bonchev–Trinajstić information content (AvgIpc) is 2.77. The lowest BCUT2D eigenvalue weighted by Gasteiger charge is -2.08. The van der Waals surface area contributed by atoms with Crippen LogP contribution in [0.15, 0.2) is 36.7 Å². The molecule has 0 N–H and O–H groups in total. The Balaban J connectivity index is 2.30. The highest BCUT2D eigenvalue weighted by atomic mass is 16.1. The molecule has 2 aromatic rings. The fourth-order valence-corrected chi connectivity index (χ4v) is 1.78. The van der Waals surface area contributed by atoms with Crippen LogP contribution in [0.1, 0.15) is 28.7 Å². The molecule has 0 aromatic carbocycles. The first-order valence-corrected chi connectivity index (χ1v) is 5.38. The monoisotopic (exact) mass is 214 g/mol. The van der Waals surface area contributed by atoms with Gasteiger partial charge in [-0.1, -0.05) is 13.0 Å². The van der Waals surface area contributed by atoms with E-state index in [4.69, 9.17) is 0 Å². The van der Waals surface area contributed by atoms with Crippen LogP contribution in [0.2, 0.25) is 0 Å². The van der Waals surface area contributed by atoms with Crippen LogP contribution in [0.4, 0.5) is 0 Å². The summed E-state index contributed by atoms with van der Waals surface area (Å²) < 4.78 is 1.91. The van der Waals surface area contributed by atoms with Gasteiger partial charge in [-0.25, -0.2) is 0 Å². The van der Waals surface area contributed by atoms with Gasteiger partial charge in [-0.15, -0.1) is 0 Å². The van der Waals surface area contributed by atoms with Crippen LogP contribution in [-0.4, -0.2) is 15.8 Å². The topological polar surface area (TPSA) is 34.9 Å². The highest BCUT2D eigenvalue weighted by Gasteiger charge is 2.04. The Labute approximate surface area is 94.7 Å². The normalized spacial score (nSPS) is 10.3. The molecule has 0 bridgehead atoms. The molecule has 3 nitrogen and oxygen atoms in total. The van der Waals surface area contributed by atoms with Crippen molar-refractivity contribution >= 4 is 6.29 Å².